The summed E-state index contributed by atoms with van der Waals surface area (Å²) in [4.78, 5) is 0. The molecule has 0 fully saturated rings. The Balaban J connectivity index is -0.00000000333. The van der Waals surface area contributed by atoms with Crippen LogP contribution in [0.15, 0.2) is 0 Å². The van der Waals surface area contributed by atoms with Gasteiger partial charge in [-0.2, -0.15) is 0 Å². The molecule has 1 radical (unpaired) electrons. The number of hydrogen-bond acceptors (Lipinski definition) is 4. The van der Waals surface area contributed by atoms with Gasteiger partial charge in [0.25, 0.3) is 0 Å². The molecule has 0 aromatic rings. The third-order valence-electron chi connectivity index (χ3n) is 0. The molecule has 0 heterocycles. The maximum atomic E-state index is 7.57. The van der Waals surface area contributed by atoms with Gasteiger partial charge in [0.2, 0.25) is 0 Å². The zero-order chi connectivity index (χ0) is 2.71. The van der Waals surface area contributed by atoms with Crippen molar-refractivity contribution in [3.63, 3.8) is 0 Å². The predicted octanol–water partition coefficient (Wildman–Crippen LogP) is -0.534. The molecule has 0 aliphatic rings. The van der Waals surface area contributed by atoms with E-state index in [1.54, 1.807) is 6.92 Å². The molecule has 0 rings (SSSR count). The van der Waals surface area contributed by atoms with Crippen LogP contribution in [0.1, 0.15) is 6.92 Å². The van der Waals surface area contributed by atoms with Gasteiger partial charge in [-0.3, -0.25) is 0 Å². The summed E-state index contributed by atoms with van der Waals surface area (Å²) in [6, 6.07) is 0. The van der Waals surface area contributed by atoms with E-state index in [0.717, 1.165) is 0 Å². The number of aliphatic hydroxyl groups excluding tert-OH is 1. The summed E-state index contributed by atoms with van der Waals surface area (Å²) >= 11 is 0. The second-order valence-electron chi connectivity index (χ2n) is 0.316. The molecule has 0 spiro atoms. The number of aliphatic hydroxyl groups is 1. The Bertz CT molecular complexity index is 9.65. The van der Waals surface area contributed by atoms with Gasteiger partial charge in [-0.15, -0.1) is 0 Å². The van der Waals surface area contributed by atoms with Gasteiger partial charge in [0.1, 0.15) is 0 Å². The largest absolute Gasteiger partial charge is 3.00 e. The summed E-state index contributed by atoms with van der Waals surface area (Å²) < 4.78 is 0. The number of hydrogen-bond donors (Lipinski definition) is 1. The Kier molecular flexibility index (Phi) is 499. The maximum Gasteiger partial charge on any atom is 3.00 e. The normalized spacial score (nSPS) is 2.57. The molecule has 0 saturated carbocycles. The minimum atomic E-state index is 0. The van der Waals surface area contributed by atoms with Crippen LogP contribution in [0.2, 0.25) is 0 Å². The molecule has 4 N–H and O–H groups in total. The Morgan fingerprint density at radius 1 is 1.14 bits per heavy atom. The van der Waals surface area contributed by atoms with Gasteiger partial charge >= 0.3 is 26.2 Å². The molecule has 0 aliphatic carbocycles. The standard InChI is InChI=1S/C2H6O.3H2O.Zr/c1-2-3;;;;/h3H,2H2,1H3;3*1H2;/q;;;;+3/p-3. The molecule has 4 nitrogen and oxygen atoms in total. The fraction of sp³-hybridized carbons (Fsp3) is 1.00. The molecule has 7 heavy (non-hydrogen) atoms. The van der Waals surface area contributed by atoms with E-state index in [2.05, 4.69) is 0 Å². The quantitative estimate of drug-likeness (QED) is 0.550. The Labute approximate surface area is 61.6 Å². The smallest absolute Gasteiger partial charge is 0.870 e. The topological polar surface area (TPSA) is 110 Å². The van der Waals surface area contributed by atoms with E-state index in [1.165, 1.54) is 0 Å². The van der Waals surface area contributed by atoms with E-state index in [-0.39, 0.29) is 49.2 Å². The van der Waals surface area contributed by atoms with Gasteiger partial charge in [0.05, 0.1) is 0 Å². The van der Waals surface area contributed by atoms with Crippen molar-refractivity contribution in [3.8, 4) is 0 Å². The third-order valence-corrected chi connectivity index (χ3v) is 0. The first-order chi connectivity index (χ1) is 1.41. The first kappa shape index (κ1) is 47.1. The van der Waals surface area contributed by atoms with Crippen LogP contribution in [-0.4, -0.2) is 28.1 Å². The Hall–Kier alpha value is 0.723. The van der Waals surface area contributed by atoms with Crippen LogP contribution in [0, 0.1) is 0 Å². The molecule has 0 amide bonds. The van der Waals surface area contributed by atoms with Crippen LogP contribution < -0.4 is 0 Å². The molecule has 0 saturated heterocycles. The zero-order valence-corrected chi connectivity index (χ0v) is 6.45. The second kappa shape index (κ2) is 74.2. The summed E-state index contributed by atoms with van der Waals surface area (Å²) in [6.07, 6.45) is 0. The first-order valence-corrected chi connectivity index (χ1v) is 1.02. The minimum Gasteiger partial charge on any atom is -0.870 e. The number of rotatable bonds is 0. The van der Waals surface area contributed by atoms with E-state index in [9.17, 15) is 0 Å². The zero-order valence-electron chi connectivity index (χ0n) is 4.00. The van der Waals surface area contributed by atoms with Crippen LogP contribution in [0.3, 0.4) is 0 Å². The van der Waals surface area contributed by atoms with Gasteiger partial charge in [-0.25, -0.2) is 0 Å². The van der Waals surface area contributed by atoms with Gasteiger partial charge in [-0.05, 0) is 6.92 Å². The molecule has 0 bridgehead atoms. The van der Waals surface area contributed by atoms with Crippen molar-refractivity contribution >= 4 is 0 Å². The Morgan fingerprint density at radius 3 is 1.14 bits per heavy atom. The summed E-state index contributed by atoms with van der Waals surface area (Å²) in [5.74, 6) is 0. The fourth-order valence-electron chi connectivity index (χ4n) is 0. The monoisotopic (exact) mass is 187 g/mol. The molecular formula is C2H9O4Zr. The summed E-state index contributed by atoms with van der Waals surface area (Å²) in [6.45, 7) is 1.93. The van der Waals surface area contributed by atoms with Crippen molar-refractivity contribution in [2.24, 2.45) is 0 Å². The SMILES string of the molecule is CCO.[OH-].[OH-].[OH-].[Zr+3]. The Morgan fingerprint density at radius 2 is 1.14 bits per heavy atom. The molecule has 0 aliphatic heterocycles. The van der Waals surface area contributed by atoms with Crippen molar-refractivity contribution in [2.45, 2.75) is 6.92 Å². The van der Waals surface area contributed by atoms with Crippen LogP contribution in [-0.2, 0) is 26.2 Å². The third kappa shape index (κ3) is 287. The van der Waals surface area contributed by atoms with E-state index < -0.39 is 0 Å². The summed E-state index contributed by atoms with van der Waals surface area (Å²) in [5.41, 5.74) is 0. The molecule has 45 valence electrons. The van der Waals surface area contributed by atoms with E-state index in [0.29, 0.717) is 0 Å². The molecule has 0 atom stereocenters. The van der Waals surface area contributed by atoms with Gasteiger partial charge in [0.15, 0.2) is 0 Å². The van der Waals surface area contributed by atoms with Gasteiger partial charge in [-0.1, -0.05) is 0 Å². The predicted molar refractivity (Wildman–Crippen MR) is 18.6 cm³/mol. The molecular weight excluding hydrogens is 179 g/mol. The van der Waals surface area contributed by atoms with Gasteiger partial charge in [0, 0.05) is 6.61 Å². The van der Waals surface area contributed by atoms with Gasteiger partial charge < -0.3 is 21.5 Å². The van der Waals surface area contributed by atoms with Crippen molar-refractivity contribution in [3.05, 3.63) is 0 Å². The van der Waals surface area contributed by atoms with Crippen LogP contribution in [0.5, 0.6) is 0 Å². The maximum absolute atomic E-state index is 7.57. The van der Waals surface area contributed by atoms with E-state index in [1.807, 2.05) is 0 Å². The van der Waals surface area contributed by atoms with E-state index >= 15 is 0 Å². The van der Waals surface area contributed by atoms with Crippen LogP contribution in [0.25, 0.3) is 0 Å². The molecule has 0 unspecified atom stereocenters. The first-order valence-electron chi connectivity index (χ1n) is 1.02. The molecule has 0 aromatic heterocycles. The van der Waals surface area contributed by atoms with E-state index in [4.69, 9.17) is 5.11 Å². The van der Waals surface area contributed by atoms with Crippen molar-refractivity contribution < 1.29 is 47.7 Å². The average molecular weight is 188 g/mol. The van der Waals surface area contributed by atoms with Crippen molar-refractivity contribution in [1.29, 1.82) is 0 Å². The molecule has 0 aromatic carbocycles. The van der Waals surface area contributed by atoms with Crippen LogP contribution in [0.4, 0.5) is 0 Å². The summed E-state index contributed by atoms with van der Waals surface area (Å²) in [5, 5.41) is 7.57. The minimum absolute atomic E-state index is 0. The summed E-state index contributed by atoms with van der Waals surface area (Å²) in [7, 11) is 0. The molecule has 5 heteroatoms. The van der Waals surface area contributed by atoms with Crippen molar-refractivity contribution in [2.75, 3.05) is 6.61 Å². The van der Waals surface area contributed by atoms with Crippen LogP contribution >= 0.6 is 0 Å². The second-order valence-corrected chi connectivity index (χ2v) is 0.316. The fourth-order valence-corrected chi connectivity index (χ4v) is 0. The average Bonchev–Trinajstić information content (AvgIpc) is 0.918. The van der Waals surface area contributed by atoms with Crippen molar-refractivity contribution in [1.82, 2.24) is 0 Å².